The molecule has 28 heavy (non-hydrogen) atoms. The first-order valence-electron chi connectivity index (χ1n) is 10.0. The lowest BCUT2D eigenvalue weighted by Gasteiger charge is -2.31. The van der Waals surface area contributed by atoms with Gasteiger partial charge >= 0.3 is 0 Å². The Morgan fingerprint density at radius 2 is 2.25 bits per heavy atom. The molecule has 1 atom stereocenters. The van der Waals surface area contributed by atoms with Gasteiger partial charge in [0.2, 0.25) is 5.76 Å². The van der Waals surface area contributed by atoms with Crippen molar-refractivity contribution in [1.82, 2.24) is 20.4 Å². The van der Waals surface area contributed by atoms with Crippen LogP contribution < -0.4 is 5.32 Å². The van der Waals surface area contributed by atoms with Crippen LogP contribution in [0.2, 0.25) is 0 Å². The van der Waals surface area contributed by atoms with Gasteiger partial charge in [-0.05, 0) is 49.6 Å². The topological polar surface area (TPSA) is 71.3 Å². The highest BCUT2D eigenvalue weighted by Gasteiger charge is 2.25. The van der Waals surface area contributed by atoms with Gasteiger partial charge in [0, 0.05) is 43.2 Å². The van der Waals surface area contributed by atoms with Crippen LogP contribution in [-0.4, -0.2) is 40.6 Å². The van der Waals surface area contributed by atoms with Gasteiger partial charge in [0.25, 0.3) is 5.91 Å². The molecule has 3 aromatic rings. The number of carbonyl (C=O) groups excluding carboxylic acids is 1. The molecule has 3 heterocycles. The third-order valence-corrected chi connectivity index (χ3v) is 5.29. The van der Waals surface area contributed by atoms with E-state index in [0.717, 1.165) is 50.1 Å². The molecule has 1 fully saturated rings. The van der Waals surface area contributed by atoms with Gasteiger partial charge in [-0.15, -0.1) is 0 Å². The van der Waals surface area contributed by atoms with Gasteiger partial charge in [-0.25, -0.2) is 0 Å². The van der Waals surface area contributed by atoms with E-state index >= 15 is 0 Å². The number of rotatable bonds is 6. The number of amides is 1. The molecule has 0 saturated carbocycles. The molecule has 0 unspecified atom stereocenters. The standard InChI is InChI=1S/C22H26N4O2/c1-2-9-24-22(27)21-13-20(25-28-21)18-6-4-11-26(15-18)14-16-7-8-19-17(12-16)5-3-10-23-19/h3,5,7-8,10,12-13,18H,2,4,6,9,11,14-15H2,1H3,(H,24,27)/t18-/m1/s1. The van der Waals surface area contributed by atoms with Gasteiger partial charge in [-0.3, -0.25) is 14.7 Å². The van der Waals surface area contributed by atoms with Crippen LogP contribution in [0.4, 0.5) is 0 Å². The molecule has 1 aromatic carbocycles. The number of aromatic nitrogens is 2. The molecule has 1 saturated heterocycles. The number of piperidine rings is 1. The quantitative estimate of drug-likeness (QED) is 0.707. The second-order valence-electron chi connectivity index (χ2n) is 7.48. The van der Waals surface area contributed by atoms with Gasteiger partial charge in [-0.2, -0.15) is 0 Å². The van der Waals surface area contributed by atoms with Gasteiger partial charge in [0.1, 0.15) is 0 Å². The van der Waals surface area contributed by atoms with Crippen molar-refractivity contribution in [2.45, 2.75) is 38.6 Å². The van der Waals surface area contributed by atoms with Crippen LogP contribution in [0.1, 0.15) is 53.9 Å². The van der Waals surface area contributed by atoms with Gasteiger partial charge < -0.3 is 9.84 Å². The van der Waals surface area contributed by atoms with Crippen LogP contribution in [-0.2, 0) is 6.54 Å². The van der Waals surface area contributed by atoms with Crippen LogP contribution in [0.25, 0.3) is 10.9 Å². The minimum Gasteiger partial charge on any atom is -0.351 e. The van der Waals surface area contributed by atoms with Crippen molar-refractivity contribution in [2.24, 2.45) is 0 Å². The van der Waals surface area contributed by atoms with Gasteiger partial charge in [-0.1, -0.05) is 24.2 Å². The maximum atomic E-state index is 12.1. The number of nitrogens with zero attached hydrogens (tertiary/aromatic N) is 3. The Labute approximate surface area is 164 Å². The Balaban J connectivity index is 1.41. The third-order valence-electron chi connectivity index (χ3n) is 5.29. The van der Waals surface area contributed by atoms with E-state index in [1.807, 2.05) is 19.2 Å². The van der Waals surface area contributed by atoms with E-state index in [4.69, 9.17) is 4.52 Å². The molecule has 6 heteroatoms. The Bertz CT molecular complexity index is 952. The lowest BCUT2D eigenvalue weighted by molar-refractivity contribution is 0.0916. The molecule has 1 aliphatic heterocycles. The summed E-state index contributed by atoms with van der Waals surface area (Å²) in [6, 6.07) is 12.3. The Morgan fingerprint density at radius 3 is 3.14 bits per heavy atom. The predicted octanol–water partition coefficient (Wildman–Crippen LogP) is 3.74. The number of hydrogen-bond donors (Lipinski definition) is 1. The summed E-state index contributed by atoms with van der Waals surface area (Å²) in [7, 11) is 0. The van der Waals surface area contributed by atoms with Gasteiger partial charge in [0.05, 0.1) is 11.2 Å². The lowest BCUT2D eigenvalue weighted by atomic mass is 9.94. The number of benzene rings is 1. The van der Waals surface area contributed by atoms with Crippen LogP contribution in [0.3, 0.4) is 0 Å². The molecule has 2 aromatic heterocycles. The summed E-state index contributed by atoms with van der Waals surface area (Å²) in [4.78, 5) is 18.9. The maximum absolute atomic E-state index is 12.1. The predicted molar refractivity (Wildman–Crippen MR) is 108 cm³/mol. The summed E-state index contributed by atoms with van der Waals surface area (Å²) >= 11 is 0. The fraction of sp³-hybridized carbons (Fsp3) is 0.409. The van der Waals surface area contributed by atoms with Crippen molar-refractivity contribution >= 4 is 16.8 Å². The van der Waals surface area contributed by atoms with Crippen molar-refractivity contribution in [3.63, 3.8) is 0 Å². The number of fused-ring (bicyclic) bond motifs is 1. The number of hydrogen-bond acceptors (Lipinski definition) is 5. The first-order valence-corrected chi connectivity index (χ1v) is 10.0. The Hall–Kier alpha value is -2.73. The molecule has 0 bridgehead atoms. The molecule has 4 rings (SSSR count). The maximum Gasteiger partial charge on any atom is 0.289 e. The Kier molecular flexibility index (Phi) is 5.67. The average Bonchev–Trinajstić information content (AvgIpc) is 3.23. The van der Waals surface area contributed by atoms with E-state index in [9.17, 15) is 4.79 Å². The van der Waals surface area contributed by atoms with E-state index in [-0.39, 0.29) is 5.91 Å². The van der Waals surface area contributed by atoms with Gasteiger partial charge in [0.15, 0.2) is 0 Å². The SMILES string of the molecule is CCCNC(=O)c1cc([C@@H]2CCCN(Cc3ccc4ncccc4c3)C2)no1. The number of carbonyl (C=O) groups is 1. The second kappa shape index (κ2) is 8.52. The summed E-state index contributed by atoms with van der Waals surface area (Å²) in [5.74, 6) is 0.424. The minimum atomic E-state index is -0.182. The smallest absolute Gasteiger partial charge is 0.289 e. The average molecular weight is 378 g/mol. The van der Waals surface area contributed by atoms with Crippen molar-refractivity contribution in [1.29, 1.82) is 0 Å². The van der Waals surface area contributed by atoms with Crippen molar-refractivity contribution in [3.8, 4) is 0 Å². The monoisotopic (exact) mass is 378 g/mol. The van der Waals surface area contributed by atoms with Crippen molar-refractivity contribution in [3.05, 3.63) is 59.6 Å². The molecule has 1 N–H and O–H groups in total. The molecule has 146 valence electrons. The fourth-order valence-corrected chi connectivity index (χ4v) is 3.84. The van der Waals surface area contributed by atoms with Crippen LogP contribution in [0, 0.1) is 0 Å². The lowest BCUT2D eigenvalue weighted by Crippen LogP contribution is -2.34. The molecule has 0 spiro atoms. The summed E-state index contributed by atoms with van der Waals surface area (Å²) in [5.41, 5.74) is 3.20. The van der Waals surface area contributed by atoms with Crippen LogP contribution in [0.15, 0.2) is 47.1 Å². The highest BCUT2D eigenvalue weighted by atomic mass is 16.5. The second-order valence-corrected chi connectivity index (χ2v) is 7.48. The number of likely N-dealkylation sites (tertiary alicyclic amines) is 1. The van der Waals surface area contributed by atoms with E-state index in [2.05, 4.69) is 44.6 Å². The third kappa shape index (κ3) is 4.22. The molecule has 1 amide bonds. The van der Waals surface area contributed by atoms with E-state index < -0.39 is 0 Å². The molecule has 1 aliphatic rings. The van der Waals surface area contributed by atoms with E-state index in [1.54, 1.807) is 6.07 Å². The molecule has 6 nitrogen and oxygen atoms in total. The minimum absolute atomic E-state index is 0.182. The largest absolute Gasteiger partial charge is 0.351 e. The normalized spacial score (nSPS) is 17.7. The summed E-state index contributed by atoms with van der Waals surface area (Å²) < 4.78 is 5.29. The number of pyridine rings is 1. The highest BCUT2D eigenvalue weighted by molar-refractivity contribution is 5.91. The van der Waals surface area contributed by atoms with Crippen LogP contribution >= 0.6 is 0 Å². The zero-order valence-electron chi connectivity index (χ0n) is 16.2. The fourth-order valence-electron chi connectivity index (χ4n) is 3.84. The summed E-state index contributed by atoms with van der Waals surface area (Å²) in [5, 5.41) is 8.19. The summed E-state index contributed by atoms with van der Waals surface area (Å²) in [6.45, 7) is 5.57. The molecule has 0 aliphatic carbocycles. The zero-order chi connectivity index (χ0) is 19.3. The zero-order valence-corrected chi connectivity index (χ0v) is 16.2. The molecule has 0 radical (unpaired) electrons. The number of nitrogens with one attached hydrogen (secondary N) is 1. The van der Waals surface area contributed by atoms with E-state index in [0.29, 0.717) is 18.2 Å². The van der Waals surface area contributed by atoms with Crippen molar-refractivity contribution < 1.29 is 9.32 Å². The van der Waals surface area contributed by atoms with Crippen LogP contribution in [0.5, 0.6) is 0 Å². The molecular weight excluding hydrogens is 352 g/mol. The highest BCUT2D eigenvalue weighted by Crippen LogP contribution is 2.28. The first kappa shape index (κ1) is 18.6. The Morgan fingerprint density at radius 1 is 1.32 bits per heavy atom. The van der Waals surface area contributed by atoms with E-state index in [1.165, 1.54) is 10.9 Å². The van der Waals surface area contributed by atoms with Crippen molar-refractivity contribution in [2.75, 3.05) is 19.6 Å². The molecular formula is C22H26N4O2. The summed E-state index contributed by atoms with van der Waals surface area (Å²) in [6.07, 6.45) is 4.91. The first-order chi connectivity index (χ1) is 13.7.